The third-order valence-electron chi connectivity index (χ3n) is 6.17. The van der Waals surface area contributed by atoms with Crippen LogP contribution in [0.25, 0.3) is 0 Å². The number of nitrogens with zero attached hydrogens (tertiary/aromatic N) is 2. The van der Waals surface area contributed by atoms with E-state index in [0.717, 1.165) is 10.7 Å². The van der Waals surface area contributed by atoms with Crippen LogP contribution in [0.2, 0.25) is 10.0 Å². The average molecular weight is 554 g/mol. The largest absolute Gasteiger partial charge is 0.352 e. The third-order valence-corrected chi connectivity index (χ3v) is 8.75. The SMILES string of the molecule is CC[C@H](C)NC(=O)[C@@H](C)N(Cc1ccc(Cl)c(Cl)c1)C(=O)CCCN1C(=O)c2ccccc2S1(=O)=O. The summed E-state index contributed by atoms with van der Waals surface area (Å²) < 4.78 is 26.3. The van der Waals surface area contributed by atoms with Gasteiger partial charge >= 0.3 is 0 Å². The van der Waals surface area contributed by atoms with Crippen LogP contribution in [0.1, 0.15) is 56.0 Å². The maximum Gasteiger partial charge on any atom is 0.269 e. The van der Waals surface area contributed by atoms with Crippen LogP contribution in [0.4, 0.5) is 0 Å². The van der Waals surface area contributed by atoms with E-state index in [1.807, 2.05) is 13.8 Å². The van der Waals surface area contributed by atoms with Gasteiger partial charge < -0.3 is 10.2 Å². The zero-order chi connectivity index (χ0) is 26.6. The number of amides is 3. The van der Waals surface area contributed by atoms with Gasteiger partial charge in [0.05, 0.1) is 15.6 Å². The molecule has 0 saturated carbocycles. The molecule has 0 aliphatic carbocycles. The van der Waals surface area contributed by atoms with Crippen molar-refractivity contribution >= 4 is 50.9 Å². The number of hydrogen-bond acceptors (Lipinski definition) is 5. The third kappa shape index (κ3) is 6.02. The van der Waals surface area contributed by atoms with Crippen LogP contribution in [-0.2, 0) is 26.2 Å². The Bertz CT molecular complexity index is 1270. The molecule has 2 aromatic carbocycles. The van der Waals surface area contributed by atoms with E-state index in [9.17, 15) is 22.8 Å². The van der Waals surface area contributed by atoms with E-state index in [4.69, 9.17) is 23.2 Å². The van der Waals surface area contributed by atoms with E-state index in [1.54, 1.807) is 37.3 Å². The molecule has 11 heteroatoms. The van der Waals surface area contributed by atoms with Crippen molar-refractivity contribution in [1.29, 1.82) is 0 Å². The topological polar surface area (TPSA) is 104 Å². The second kappa shape index (κ2) is 11.6. The molecule has 0 aromatic heterocycles. The van der Waals surface area contributed by atoms with Gasteiger partial charge in [-0.15, -0.1) is 0 Å². The summed E-state index contributed by atoms with van der Waals surface area (Å²) in [4.78, 5) is 40.1. The fourth-order valence-electron chi connectivity index (χ4n) is 3.85. The summed E-state index contributed by atoms with van der Waals surface area (Å²) in [7, 11) is -3.95. The monoisotopic (exact) mass is 553 g/mol. The van der Waals surface area contributed by atoms with Crippen molar-refractivity contribution in [1.82, 2.24) is 14.5 Å². The number of rotatable bonds is 10. The Kier molecular flexibility index (Phi) is 9.03. The number of sulfonamides is 1. The standard InChI is InChI=1S/C25H29Cl2N3O5S/c1-4-16(2)28-24(32)17(3)29(15-18-11-12-20(26)21(27)14-18)23(31)10-7-13-30-25(33)19-8-5-6-9-22(19)36(30,34)35/h5-6,8-9,11-12,14,16-17H,4,7,10,13,15H2,1-3H3,(H,28,32)/t16-,17+/m0/s1. The predicted molar refractivity (Wildman–Crippen MR) is 138 cm³/mol. The van der Waals surface area contributed by atoms with E-state index in [2.05, 4.69) is 5.32 Å². The Morgan fingerprint density at radius 3 is 2.42 bits per heavy atom. The normalized spacial score (nSPS) is 15.8. The minimum absolute atomic E-state index is 0.0297. The summed E-state index contributed by atoms with van der Waals surface area (Å²) in [5.41, 5.74) is 0.814. The molecule has 0 radical (unpaired) electrons. The highest BCUT2D eigenvalue weighted by molar-refractivity contribution is 7.90. The summed E-state index contributed by atoms with van der Waals surface area (Å²) in [5, 5.41) is 3.59. The molecule has 3 amide bonds. The summed E-state index contributed by atoms with van der Waals surface area (Å²) in [6, 6.07) is 10.2. The fraction of sp³-hybridized carbons (Fsp3) is 0.400. The molecule has 0 bridgehead atoms. The quantitative estimate of drug-likeness (QED) is 0.473. The lowest BCUT2D eigenvalue weighted by Crippen LogP contribution is -2.49. The average Bonchev–Trinajstić information content (AvgIpc) is 3.04. The van der Waals surface area contributed by atoms with Gasteiger partial charge in [-0.05, 0) is 56.5 Å². The number of fused-ring (bicyclic) bond motifs is 1. The van der Waals surface area contributed by atoms with Gasteiger partial charge in [0, 0.05) is 25.6 Å². The molecule has 0 unspecified atom stereocenters. The highest BCUT2D eigenvalue weighted by Gasteiger charge is 2.40. The lowest BCUT2D eigenvalue weighted by atomic mass is 10.1. The molecule has 8 nitrogen and oxygen atoms in total. The van der Waals surface area contributed by atoms with Crippen molar-refractivity contribution in [2.45, 2.75) is 63.6 Å². The molecule has 1 aliphatic rings. The molecule has 1 aliphatic heterocycles. The molecular weight excluding hydrogens is 525 g/mol. The lowest BCUT2D eigenvalue weighted by molar-refractivity contribution is -0.141. The van der Waals surface area contributed by atoms with Crippen LogP contribution in [0.15, 0.2) is 47.4 Å². The molecule has 2 aromatic rings. The zero-order valence-corrected chi connectivity index (χ0v) is 22.7. The first-order valence-corrected chi connectivity index (χ1v) is 13.9. The van der Waals surface area contributed by atoms with Crippen LogP contribution in [0.5, 0.6) is 0 Å². The van der Waals surface area contributed by atoms with Gasteiger partial charge in [0.15, 0.2) is 0 Å². The number of carbonyl (C=O) groups excluding carboxylic acids is 3. The molecule has 1 N–H and O–H groups in total. The molecule has 36 heavy (non-hydrogen) atoms. The smallest absolute Gasteiger partial charge is 0.269 e. The molecule has 3 rings (SSSR count). The highest BCUT2D eigenvalue weighted by atomic mass is 35.5. The number of hydrogen-bond donors (Lipinski definition) is 1. The second-order valence-corrected chi connectivity index (χ2v) is 11.4. The van der Waals surface area contributed by atoms with Gasteiger partial charge in [0.2, 0.25) is 11.8 Å². The molecule has 0 fully saturated rings. The number of halogens is 2. The van der Waals surface area contributed by atoms with Crippen LogP contribution in [-0.4, -0.2) is 54.0 Å². The Labute approximate surface area is 221 Å². The van der Waals surface area contributed by atoms with Gasteiger partial charge in [-0.25, -0.2) is 12.7 Å². The van der Waals surface area contributed by atoms with Crippen molar-refractivity contribution < 1.29 is 22.8 Å². The molecule has 0 saturated heterocycles. The van der Waals surface area contributed by atoms with Gasteiger partial charge in [0.25, 0.3) is 15.9 Å². The number of carbonyl (C=O) groups is 3. The Hall–Kier alpha value is -2.62. The van der Waals surface area contributed by atoms with Crippen LogP contribution in [0, 0.1) is 0 Å². The van der Waals surface area contributed by atoms with Crippen LogP contribution in [0.3, 0.4) is 0 Å². The van der Waals surface area contributed by atoms with Crippen molar-refractivity contribution in [3.8, 4) is 0 Å². The van der Waals surface area contributed by atoms with Crippen molar-refractivity contribution in [3.63, 3.8) is 0 Å². The maximum absolute atomic E-state index is 13.3. The van der Waals surface area contributed by atoms with E-state index < -0.39 is 22.0 Å². The van der Waals surface area contributed by atoms with Gasteiger partial charge in [-0.1, -0.05) is 48.3 Å². The summed E-state index contributed by atoms with van der Waals surface area (Å²) in [6.07, 6.45) is 0.785. The van der Waals surface area contributed by atoms with Gasteiger partial charge in [0.1, 0.15) is 10.9 Å². The first kappa shape index (κ1) is 28.0. The Morgan fingerprint density at radius 2 is 1.78 bits per heavy atom. The summed E-state index contributed by atoms with van der Waals surface area (Å²) in [5.74, 6) is -1.26. The molecule has 1 heterocycles. The van der Waals surface area contributed by atoms with E-state index in [0.29, 0.717) is 15.6 Å². The van der Waals surface area contributed by atoms with Crippen molar-refractivity contribution in [2.24, 2.45) is 0 Å². The minimum atomic E-state index is -3.95. The predicted octanol–water partition coefficient (Wildman–Crippen LogP) is 4.25. The first-order chi connectivity index (χ1) is 17.0. The minimum Gasteiger partial charge on any atom is -0.352 e. The molecular formula is C25H29Cl2N3O5S. The van der Waals surface area contributed by atoms with E-state index in [-0.39, 0.29) is 54.2 Å². The summed E-state index contributed by atoms with van der Waals surface area (Å²) >= 11 is 12.1. The maximum atomic E-state index is 13.3. The molecule has 2 atom stereocenters. The Balaban J connectivity index is 1.73. The highest BCUT2D eigenvalue weighted by Crippen LogP contribution is 2.30. The van der Waals surface area contributed by atoms with Crippen molar-refractivity contribution in [3.05, 3.63) is 63.6 Å². The van der Waals surface area contributed by atoms with Gasteiger partial charge in [-0.3, -0.25) is 14.4 Å². The lowest BCUT2D eigenvalue weighted by Gasteiger charge is -2.30. The summed E-state index contributed by atoms with van der Waals surface area (Å²) in [6.45, 7) is 5.42. The van der Waals surface area contributed by atoms with Crippen LogP contribution < -0.4 is 5.32 Å². The molecule has 194 valence electrons. The first-order valence-electron chi connectivity index (χ1n) is 11.7. The van der Waals surface area contributed by atoms with Crippen molar-refractivity contribution in [2.75, 3.05) is 6.54 Å². The number of benzene rings is 2. The zero-order valence-electron chi connectivity index (χ0n) is 20.3. The second-order valence-electron chi connectivity index (χ2n) is 8.75. The fourth-order valence-corrected chi connectivity index (χ4v) is 5.78. The van der Waals surface area contributed by atoms with Gasteiger partial charge in [-0.2, -0.15) is 0 Å². The number of nitrogens with one attached hydrogen (secondary N) is 1. The Morgan fingerprint density at radius 1 is 1.08 bits per heavy atom. The van der Waals surface area contributed by atoms with E-state index in [1.165, 1.54) is 17.0 Å². The van der Waals surface area contributed by atoms with Crippen LogP contribution >= 0.6 is 23.2 Å². The molecule has 0 spiro atoms. The van der Waals surface area contributed by atoms with E-state index >= 15 is 0 Å².